The van der Waals surface area contributed by atoms with Crippen molar-refractivity contribution in [2.45, 2.75) is 11.8 Å². The highest BCUT2D eigenvalue weighted by Gasteiger charge is 2.14. The Morgan fingerprint density at radius 1 is 0.400 bits per heavy atom. The summed E-state index contributed by atoms with van der Waals surface area (Å²) in [5.41, 5.74) is 0.975. The second-order valence-corrected chi connectivity index (χ2v) is 10.8. The van der Waals surface area contributed by atoms with E-state index in [0.717, 1.165) is 5.56 Å². The molecule has 1 aromatic carbocycles. The minimum atomic E-state index is -3.77. The van der Waals surface area contributed by atoms with Gasteiger partial charge in [-0.2, -0.15) is 8.42 Å². The zero-order valence-corrected chi connectivity index (χ0v) is 27.8. The SMILES string of the molecule is COCCOCCOCCOCCOCCOCCOCCOCCOCCOCCOCCOS(=O)(=O)c1ccc(C)cc1. The maximum atomic E-state index is 12.1. The Labute approximate surface area is 268 Å². The van der Waals surface area contributed by atoms with Crippen molar-refractivity contribution in [2.24, 2.45) is 0 Å². The highest BCUT2D eigenvalue weighted by Crippen LogP contribution is 2.12. The van der Waals surface area contributed by atoms with Crippen LogP contribution in [0, 0.1) is 6.92 Å². The van der Waals surface area contributed by atoms with Gasteiger partial charge < -0.3 is 52.1 Å². The van der Waals surface area contributed by atoms with E-state index in [0.29, 0.717) is 132 Å². The first-order valence-electron chi connectivity index (χ1n) is 15.3. The molecule has 0 saturated carbocycles. The van der Waals surface area contributed by atoms with Gasteiger partial charge in [0.25, 0.3) is 10.1 Å². The first-order valence-corrected chi connectivity index (χ1v) is 16.7. The first-order chi connectivity index (χ1) is 22.1. The van der Waals surface area contributed by atoms with Crippen LogP contribution in [0.4, 0.5) is 0 Å². The lowest BCUT2D eigenvalue weighted by Crippen LogP contribution is -2.16. The second kappa shape index (κ2) is 31.3. The summed E-state index contributed by atoms with van der Waals surface area (Å²) >= 11 is 0. The molecule has 0 saturated heterocycles. The molecule has 15 heteroatoms. The summed E-state index contributed by atoms with van der Waals surface area (Å²) in [5.74, 6) is 0. The van der Waals surface area contributed by atoms with Gasteiger partial charge in [-0.1, -0.05) is 17.7 Å². The number of hydrogen-bond donors (Lipinski definition) is 0. The molecule has 0 aliphatic carbocycles. The van der Waals surface area contributed by atoms with Gasteiger partial charge >= 0.3 is 0 Å². The number of rotatable bonds is 35. The summed E-state index contributed by atoms with van der Waals surface area (Å²) in [6.07, 6.45) is 0. The number of methoxy groups -OCH3 is 1. The third-order valence-corrected chi connectivity index (χ3v) is 6.88. The summed E-state index contributed by atoms with van der Waals surface area (Å²) in [7, 11) is -2.13. The zero-order valence-electron chi connectivity index (χ0n) is 27.0. The van der Waals surface area contributed by atoms with Crippen LogP contribution in [0.1, 0.15) is 5.56 Å². The number of hydrogen-bond acceptors (Lipinski definition) is 14. The molecule has 0 unspecified atom stereocenters. The third-order valence-electron chi connectivity index (χ3n) is 5.56. The molecule has 14 nitrogen and oxygen atoms in total. The van der Waals surface area contributed by atoms with Crippen LogP contribution in [-0.4, -0.2) is 161 Å². The van der Waals surface area contributed by atoms with E-state index in [-0.39, 0.29) is 18.1 Å². The van der Waals surface area contributed by atoms with Crippen LogP contribution < -0.4 is 0 Å². The minimum Gasteiger partial charge on any atom is -0.382 e. The molecular formula is C30H54O14S. The molecule has 0 spiro atoms. The fourth-order valence-corrected chi connectivity index (χ4v) is 4.09. The summed E-state index contributed by atoms with van der Waals surface area (Å²) in [6.45, 7) is 11.7. The smallest absolute Gasteiger partial charge is 0.297 e. The van der Waals surface area contributed by atoms with Gasteiger partial charge in [0.15, 0.2) is 0 Å². The van der Waals surface area contributed by atoms with Crippen molar-refractivity contribution in [3.05, 3.63) is 29.8 Å². The van der Waals surface area contributed by atoms with Gasteiger partial charge in [-0.3, -0.25) is 4.18 Å². The minimum absolute atomic E-state index is 0.0588. The summed E-state index contributed by atoms with van der Waals surface area (Å²) < 4.78 is 88.1. The second-order valence-electron chi connectivity index (χ2n) is 9.21. The number of benzene rings is 1. The summed E-state index contributed by atoms with van der Waals surface area (Å²) in [5, 5.41) is 0. The normalized spacial score (nSPS) is 11.9. The molecule has 0 N–H and O–H groups in total. The Morgan fingerprint density at radius 3 is 0.911 bits per heavy atom. The molecule has 264 valence electrons. The molecule has 1 rings (SSSR count). The van der Waals surface area contributed by atoms with E-state index in [1.165, 1.54) is 12.1 Å². The van der Waals surface area contributed by atoms with Crippen LogP contribution in [0.15, 0.2) is 29.2 Å². The average molecular weight is 671 g/mol. The monoisotopic (exact) mass is 670 g/mol. The van der Waals surface area contributed by atoms with Crippen molar-refractivity contribution in [1.29, 1.82) is 0 Å². The van der Waals surface area contributed by atoms with Crippen LogP contribution in [0.2, 0.25) is 0 Å². The highest BCUT2D eigenvalue weighted by atomic mass is 32.2. The van der Waals surface area contributed by atoms with E-state index in [1.807, 2.05) is 6.92 Å². The van der Waals surface area contributed by atoms with Crippen LogP contribution in [0.25, 0.3) is 0 Å². The maximum absolute atomic E-state index is 12.1. The predicted octanol–water partition coefficient (Wildman–Crippen LogP) is 1.51. The van der Waals surface area contributed by atoms with Crippen LogP contribution in [0.5, 0.6) is 0 Å². The fraction of sp³-hybridized carbons (Fsp3) is 0.800. The average Bonchev–Trinajstić information content (AvgIpc) is 3.03. The molecule has 0 aromatic heterocycles. The Bertz CT molecular complexity index is 857. The third kappa shape index (κ3) is 27.5. The lowest BCUT2D eigenvalue weighted by molar-refractivity contribution is -0.0273. The topological polar surface area (TPSA) is 145 Å². The molecule has 0 aliphatic rings. The Kier molecular flexibility index (Phi) is 29.0. The van der Waals surface area contributed by atoms with Gasteiger partial charge in [-0.05, 0) is 19.1 Å². The fourth-order valence-electron chi connectivity index (χ4n) is 3.20. The van der Waals surface area contributed by atoms with Crippen molar-refractivity contribution >= 4 is 10.1 Å². The van der Waals surface area contributed by atoms with Gasteiger partial charge in [0.2, 0.25) is 0 Å². The molecular weight excluding hydrogens is 616 g/mol. The number of aryl methyl sites for hydroxylation is 1. The Balaban J connectivity index is 1.68. The van der Waals surface area contributed by atoms with E-state index >= 15 is 0 Å². The van der Waals surface area contributed by atoms with Gasteiger partial charge in [0, 0.05) is 7.11 Å². The van der Waals surface area contributed by atoms with Gasteiger partial charge in [0.05, 0.1) is 150 Å². The van der Waals surface area contributed by atoms with E-state index in [4.69, 9.17) is 56.3 Å². The predicted molar refractivity (Wildman–Crippen MR) is 164 cm³/mol. The molecule has 0 heterocycles. The van der Waals surface area contributed by atoms with Crippen molar-refractivity contribution in [3.63, 3.8) is 0 Å². The Hall–Kier alpha value is -1.31. The highest BCUT2D eigenvalue weighted by molar-refractivity contribution is 7.86. The molecule has 1 aromatic rings. The van der Waals surface area contributed by atoms with E-state index in [2.05, 4.69) is 0 Å². The van der Waals surface area contributed by atoms with Crippen molar-refractivity contribution in [3.8, 4) is 0 Å². The van der Waals surface area contributed by atoms with E-state index in [1.54, 1.807) is 19.2 Å². The lowest BCUT2D eigenvalue weighted by Gasteiger charge is -2.09. The van der Waals surface area contributed by atoms with Crippen molar-refractivity contribution in [1.82, 2.24) is 0 Å². The van der Waals surface area contributed by atoms with Crippen LogP contribution in [-0.2, 0) is 66.4 Å². The molecule has 0 bridgehead atoms. The lowest BCUT2D eigenvalue weighted by atomic mass is 10.2. The zero-order chi connectivity index (χ0) is 32.5. The summed E-state index contributed by atoms with van der Waals surface area (Å²) in [6, 6.07) is 6.48. The molecule has 0 atom stereocenters. The van der Waals surface area contributed by atoms with Gasteiger partial charge in [-0.15, -0.1) is 0 Å². The van der Waals surface area contributed by atoms with Crippen molar-refractivity contribution < 1.29 is 64.7 Å². The largest absolute Gasteiger partial charge is 0.382 e. The van der Waals surface area contributed by atoms with Crippen molar-refractivity contribution in [2.75, 3.05) is 152 Å². The summed E-state index contributed by atoms with van der Waals surface area (Å²) in [4.78, 5) is 0.128. The first kappa shape index (κ1) is 41.7. The maximum Gasteiger partial charge on any atom is 0.297 e. The number of ether oxygens (including phenoxy) is 11. The molecule has 0 fully saturated rings. The van der Waals surface area contributed by atoms with Crippen LogP contribution >= 0.6 is 0 Å². The standard InChI is InChI=1S/C30H54O14S/c1-29-3-5-30(6-4-29)45(31,32)44-28-27-43-26-25-42-24-23-41-22-21-40-20-19-39-18-17-38-16-15-37-14-13-36-12-11-35-10-9-34-8-7-33-2/h3-6H,7-28H2,1-2H3. The van der Waals surface area contributed by atoms with Crippen LogP contribution in [0.3, 0.4) is 0 Å². The molecule has 45 heavy (non-hydrogen) atoms. The van der Waals surface area contributed by atoms with Gasteiger partial charge in [0.1, 0.15) is 0 Å². The Morgan fingerprint density at radius 2 is 0.644 bits per heavy atom. The molecule has 0 radical (unpaired) electrons. The van der Waals surface area contributed by atoms with E-state index in [9.17, 15) is 8.42 Å². The van der Waals surface area contributed by atoms with Gasteiger partial charge in [-0.25, -0.2) is 0 Å². The molecule has 0 amide bonds. The molecule has 0 aliphatic heterocycles. The quantitative estimate of drug-likeness (QED) is 0.0760. The van der Waals surface area contributed by atoms with E-state index < -0.39 is 10.1 Å².